The third-order valence-electron chi connectivity index (χ3n) is 4.12. The third-order valence-corrected chi connectivity index (χ3v) is 4.12. The van der Waals surface area contributed by atoms with E-state index in [1.165, 1.54) is 4.90 Å². The van der Waals surface area contributed by atoms with Crippen molar-refractivity contribution in [3.8, 4) is 11.5 Å². The molecule has 2 aromatic rings. The fourth-order valence-corrected chi connectivity index (χ4v) is 2.85. The van der Waals surface area contributed by atoms with Crippen LogP contribution in [0.4, 0.5) is 5.69 Å². The summed E-state index contributed by atoms with van der Waals surface area (Å²) in [7, 11) is 0. The summed E-state index contributed by atoms with van der Waals surface area (Å²) in [5.41, 5.74) is 1.40. The van der Waals surface area contributed by atoms with Crippen molar-refractivity contribution in [2.45, 2.75) is 13.3 Å². The molecule has 0 spiro atoms. The molecule has 0 aliphatic carbocycles. The highest BCUT2D eigenvalue weighted by molar-refractivity contribution is 6.05. The van der Waals surface area contributed by atoms with Crippen molar-refractivity contribution in [2.24, 2.45) is 5.92 Å². The SMILES string of the molecule is CCN(C(=O)C(Cc1ccc2c(c1)OCO2)C(=O)O)c1ccccc1. The summed E-state index contributed by atoms with van der Waals surface area (Å²) in [4.78, 5) is 26.1. The minimum atomic E-state index is -1.17. The molecule has 0 saturated heterocycles. The van der Waals surface area contributed by atoms with Crippen LogP contribution < -0.4 is 14.4 Å². The number of rotatable bonds is 6. The number of carboxylic acids is 1. The molecule has 1 heterocycles. The van der Waals surface area contributed by atoms with Crippen LogP contribution in [0.25, 0.3) is 0 Å². The van der Waals surface area contributed by atoms with Gasteiger partial charge in [0.05, 0.1) is 0 Å². The maximum absolute atomic E-state index is 12.8. The summed E-state index contributed by atoms with van der Waals surface area (Å²) in [5.74, 6) is -1.54. The molecule has 25 heavy (non-hydrogen) atoms. The number of carbonyl (C=O) groups excluding carboxylic acids is 1. The Balaban J connectivity index is 1.83. The van der Waals surface area contributed by atoms with E-state index in [4.69, 9.17) is 9.47 Å². The average molecular weight is 341 g/mol. The molecule has 1 N–H and O–H groups in total. The Morgan fingerprint density at radius 2 is 1.84 bits per heavy atom. The topological polar surface area (TPSA) is 76.1 Å². The summed E-state index contributed by atoms with van der Waals surface area (Å²) < 4.78 is 10.6. The number of aliphatic carboxylic acids is 1. The van der Waals surface area contributed by atoms with E-state index in [0.29, 0.717) is 29.3 Å². The Morgan fingerprint density at radius 3 is 2.52 bits per heavy atom. The lowest BCUT2D eigenvalue weighted by atomic mass is 9.97. The smallest absolute Gasteiger partial charge is 0.316 e. The van der Waals surface area contributed by atoms with E-state index in [2.05, 4.69) is 0 Å². The van der Waals surface area contributed by atoms with Gasteiger partial charge in [-0.15, -0.1) is 0 Å². The van der Waals surface area contributed by atoms with Crippen molar-refractivity contribution < 1.29 is 24.2 Å². The first-order chi connectivity index (χ1) is 12.1. The predicted molar refractivity (Wildman–Crippen MR) is 91.9 cm³/mol. The number of para-hydroxylation sites is 1. The van der Waals surface area contributed by atoms with Gasteiger partial charge in [0.25, 0.3) is 0 Å². The predicted octanol–water partition coefficient (Wildman–Crippen LogP) is 2.71. The summed E-state index contributed by atoms with van der Waals surface area (Å²) in [6.07, 6.45) is 0.0914. The Kier molecular flexibility index (Phi) is 4.88. The maximum Gasteiger partial charge on any atom is 0.316 e. The summed E-state index contributed by atoms with van der Waals surface area (Å²) in [6.45, 7) is 2.37. The molecule has 1 amide bonds. The Labute approximate surface area is 145 Å². The van der Waals surface area contributed by atoms with E-state index in [-0.39, 0.29) is 13.2 Å². The standard InChI is InChI=1S/C19H19NO5/c1-2-20(14-6-4-3-5-7-14)18(21)15(19(22)23)10-13-8-9-16-17(11-13)25-12-24-16/h3-9,11,15H,2,10,12H2,1H3,(H,22,23). The number of ether oxygens (including phenoxy) is 2. The van der Waals surface area contributed by atoms with Gasteiger partial charge in [-0.25, -0.2) is 0 Å². The zero-order valence-electron chi connectivity index (χ0n) is 13.8. The van der Waals surface area contributed by atoms with Crippen molar-refractivity contribution in [3.63, 3.8) is 0 Å². The second kappa shape index (κ2) is 7.25. The number of amides is 1. The molecule has 1 unspecified atom stereocenters. The molecule has 6 heteroatoms. The van der Waals surface area contributed by atoms with E-state index in [0.717, 1.165) is 0 Å². The molecule has 0 saturated carbocycles. The molecule has 0 aromatic heterocycles. The maximum atomic E-state index is 12.8. The van der Waals surface area contributed by atoms with Crippen LogP contribution >= 0.6 is 0 Å². The lowest BCUT2D eigenvalue weighted by molar-refractivity contribution is -0.146. The average Bonchev–Trinajstić information content (AvgIpc) is 3.08. The normalized spacial score (nSPS) is 13.3. The van der Waals surface area contributed by atoms with Crippen LogP contribution in [-0.4, -0.2) is 30.3 Å². The number of anilines is 1. The molecule has 0 bridgehead atoms. The zero-order chi connectivity index (χ0) is 17.8. The van der Waals surface area contributed by atoms with Crippen molar-refractivity contribution in [1.29, 1.82) is 0 Å². The first-order valence-corrected chi connectivity index (χ1v) is 8.08. The minimum absolute atomic E-state index is 0.0914. The van der Waals surface area contributed by atoms with Crippen LogP contribution in [0.1, 0.15) is 12.5 Å². The van der Waals surface area contributed by atoms with Gasteiger partial charge in [0.2, 0.25) is 12.7 Å². The molecule has 130 valence electrons. The van der Waals surface area contributed by atoms with Gasteiger partial charge in [0, 0.05) is 12.2 Å². The number of fused-ring (bicyclic) bond motifs is 1. The fraction of sp³-hybridized carbons (Fsp3) is 0.263. The van der Waals surface area contributed by atoms with Crippen LogP contribution in [-0.2, 0) is 16.0 Å². The highest BCUT2D eigenvalue weighted by Gasteiger charge is 2.31. The largest absolute Gasteiger partial charge is 0.481 e. The van der Waals surface area contributed by atoms with Crippen molar-refractivity contribution in [1.82, 2.24) is 0 Å². The van der Waals surface area contributed by atoms with Gasteiger partial charge < -0.3 is 19.5 Å². The highest BCUT2D eigenvalue weighted by atomic mass is 16.7. The van der Waals surface area contributed by atoms with E-state index < -0.39 is 17.8 Å². The first-order valence-electron chi connectivity index (χ1n) is 8.08. The van der Waals surface area contributed by atoms with E-state index in [1.54, 1.807) is 30.3 Å². The van der Waals surface area contributed by atoms with Crippen LogP contribution in [0, 0.1) is 5.92 Å². The van der Waals surface area contributed by atoms with Crippen LogP contribution in [0.2, 0.25) is 0 Å². The fourth-order valence-electron chi connectivity index (χ4n) is 2.85. The number of benzene rings is 2. The minimum Gasteiger partial charge on any atom is -0.481 e. The molecule has 2 aromatic carbocycles. The van der Waals surface area contributed by atoms with E-state index in [9.17, 15) is 14.7 Å². The molecule has 3 rings (SSSR count). The van der Waals surface area contributed by atoms with Gasteiger partial charge in [-0.2, -0.15) is 0 Å². The van der Waals surface area contributed by atoms with Gasteiger partial charge in [0.1, 0.15) is 5.92 Å². The Bertz CT molecular complexity index is 775. The quantitative estimate of drug-likeness (QED) is 0.818. The molecule has 0 fully saturated rings. The monoisotopic (exact) mass is 341 g/mol. The number of hydrogen-bond donors (Lipinski definition) is 1. The van der Waals surface area contributed by atoms with Gasteiger partial charge in [-0.1, -0.05) is 24.3 Å². The van der Waals surface area contributed by atoms with Gasteiger partial charge >= 0.3 is 5.97 Å². The van der Waals surface area contributed by atoms with Crippen LogP contribution in [0.3, 0.4) is 0 Å². The molecule has 6 nitrogen and oxygen atoms in total. The molecule has 0 radical (unpaired) electrons. The molecule has 1 aliphatic heterocycles. The van der Waals surface area contributed by atoms with E-state index >= 15 is 0 Å². The second-order valence-corrected chi connectivity index (χ2v) is 5.70. The highest BCUT2D eigenvalue weighted by Crippen LogP contribution is 2.33. The van der Waals surface area contributed by atoms with Crippen LogP contribution in [0.5, 0.6) is 11.5 Å². The van der Waals surface area contributed by atoms with Gasteiger partial charge in [-0.3, -0.25) is 9.59 Å². The zero-order valence-corrected chi connectivity index (χ0v) is 13.8. The van der Waals surface area contributed by atoms with Crippen molar-refractivity contribution in [2.75, 3.05) is 18.2 Å². The number of hydrogen-bond acceptors (Lipinski definition) is 4. The first kappa shape index (κ1) is 16.8. The van der Waals surface area contributed by atoms with Crippen LogP contribution in [0.15, 0.2) is 48.5 Å². The van der Waals surface area contributed by atoms with Gasteiger partial charge in [0.15, 0.2) is 11.5 Å². The molecular weight excluding hydrogens is 322 g/mol. The summed E-state index contributed by atoms with van der Waals surface area (Å²) in [5, 5.41) is 9.59. The lowest BCUT2D eigenvalue weighted by Crippen LogP contribution is -2.40. The molecule has 1 aliphatic rings. The number of carboxylic acid groups (broad SMARTS) is 1. The Morgan fingerprint density at radius 1 is 1.12 bits per heavy atom. The molecule has 1 atom stereocenters. The number of carbonyl (C=O) groups is 2. The third kappa shape index (κ3) is 3.57. The lowest BCUT2D eigenvalue weighted by Gasteiger charge is -2.24. The second-order valence-electron chi connectivity index (χ2n) is 5.70. The summed E-state index contributed by atoms with van der Waals surface area (Å²) >= 11 is 0. The van der Waals surface area contributed by atoms with E-state index in [1.807, 2.05) is 25.1 Å². The van der Waals surface area contributed by atoms with Crippen molar-refractivity contribution in [3.05, 3.63) is 54.1 Å². The Hall–Kier alpha value is -3.02. The van der Waals surface area contributed by atoms with Gasteiger partial charge in [-0.05, 0) is 43.2 Å². The van der Waals surface area contributed by atoms with Crippen molar-refractivity contribution >= 4 is 17.6 Å². The number of nitrogens with zero attached hydrogens (tertiary/aromatic N) is 1. The summed E-state index contributed by atoms with van der Waals surface area (Å²) in [6, 6.07) is 14.3. The molecular formula is C19H19NO5.